The van der Waals surface area contributed by atoms with Gasteiger partial charge in [-0.3, -0.25) is 14.5 Å². The van der Waals surface area contributed by atoms with E-state index in [2.05, 4.69) is 57.1 Å². The number of anilines is 1. The van der Waals surface area contributed by atoms with Gasteiger partial charge in [-0.1, -0.05) is 89.3 Å². The molecule has 5 aromatic rings. The fourth-order valence-electron chi connectivity index (χ4n) is 4.98. The van der Waals surface area contributed by atoms with Crippen molar-refractivity contribution in [2.75, 3.05) is 4.90 Å². The Bertz CT molecular complexity index is 1890. The number of aliphatic hydroxyl groups is 1. The molecule has 6 rings (SSSR count). The number of aryl methyl sites for hydroxylation is 2. The Morgan fingerprint density at radius 1 is 0.933 bits per heavy atom. The van der Waals surface area contributed by atoms with Crippen LogP contribution in [-0.4, -0.2) is 27.0 Å². The average molecular weight is 746 g/mol. The van der Waals surface area contributed by atoms with E-state index in [-0.39, 0.29) is 11.3 Å². The van der Waals surface area contributed by atoms with Crippen molar-refractivity contribution in [1.82, 2.24) is 10.2 Å². The number of Topliss-reactive ketones (excluding diaryl/α,β-unsaturated/α-hetero) is 1. The topological polar surface area (TPSA) is 92.6 Å². The van der Waals surface area contributed by atoms with Gasteiger partial charge < -0.3 is 9.84 Å². The molecule has 0 saturated carbocycles. The van der Waals surface area contributed by atoms with E-state index < -0.39 is 17.7 Å². The second-order valence-electron chi connectivity index (χ2n) is 10.6. The highest BCUT2D eigenvalue weighted by molar-refractivity contribution is 14.1. The Hall–Kier alpha value is -4.00. The summed E-state index contributed by atoms with van der Waals surface area (Å²) in [5, 5.41) is 20.4. The Labute approximate surface area is 283 Å². The average Bonchev–Trinajstić information content (AvgIpc) is 3.62. The van der Waals surface area contributed by atoms with Crippen molar-refractivity contribution in [3.05, 3.63) is 140 Å². The third-order valence-corrected chi connectivity index (χ3v) is 10.3. The summed E-state index contributed by atoms with van der Waals surface area (Å²) >= 11 is 4.97. The maximum absolute atomic E-state index is 13.6. The third kappa shape index (κ3) is 6.82. The number of carbonyl (C=O) groups excluding carboxylic acids is 2. The van der Waals surface area contributed by atoms with Crippen molar-refractivity contribution >= 4 is 68.3 Å². The molecule has 45 heavy (non-hydrogen) atoms. The van der Waals surface area contributed by atoms with Crippen LogP contribution in [0.15, 0.2) is 107 Å². The first-order chi connectivity index (χ1) is 21.8. The van der Waals surface area contributed by atoms with Crippen molar-refractivity contribution < 1.29 is 19.4 Å². The summed E-state index contributed by atoms with van der Waals surface area (Å²) < 4.78 is 7.64. The SMILES string of the molecule is Cc1ccc(CSc2nnc(N3C(=O)C(=O)C(=C(O)c4ccc(OCc5ccccc5C)cc4)C3c3ccc(I)cc3)s2)cc1. The number of thioether (sulfide) groups is 1. The van der Waals surface area contributed by atoms with E-state index in [0.717, 1.165) is 20.3 Å². The number of aliphatic hydroxyl groups excluding tert-OH is 1. The first-order valence-corrected chi connectivity index (χ1v) is 17.0. The van der Waals surface area contributed by atoms with Gasteiger partial charge in [0, 0.05) is 14.9 Å². The number of ketones is 1. The molecule has 0 bridgehead atoms. The third-order valence-electron chi connectivity index (χ3n) is 7.50. The molecule has 1 unspecified atom stereocenters. The molecule has 7 nitrogen and oxygen atoms in total. The number of halogens is 1. The van der Waals surface area contributed by atoms with Crippen LogP contribution in [-0.2, 0) is 21.9 Å². The number of hydrogen-bond donors (Lipinski definition) is 1. The van der Waals surface area contributed by atoms with E-state index in [1.54, 1.807) is 24.3 Å². The fraction of sp³-hybridized carbons (Fsp3) is 0.143. The maximum Gasteiger partial charge on any atom is 0.301 e. The first-order valence-electron chi connectivity index (χ1n) is 14.1. The minimum absolute atomic E-state index is 0.00107. The maximum atomic E-state index is 13.6. The molecule has 4 aromatic carbocycles. The lowest BCUT2D eigenvalue weighted by Crippen LogP contribution is -2.29. The summed E-state index contributed by atoms with van der Waals surface area (Å²) in [5.41, 5.74) is 5.63. The van der Waals surface area contributed by atoms with Crippen LogP contribution in [0.3, 0.4) is 0 Å². The number of ether oxygens (including phenoxy) is 1. The molecule has 1 N–H and O–H groups in total. The molecule has 1 amide bonds. The van der Waals surface area contributed by atoms with Gasteiger partial charge in [0.05, 0.1) is 11.6 Å². The van der Waals surface area contributed by atoms with E-state index >= 15 is 0 Å². The van der Waals surface area contributed by atoms with Crippen molar-refractivity contribution in [3.63, 3.8) is 0 Å². The van der Waals surface area contributed by atoms with Crippen LogP contribution < -0.4 is 9.64 Å². The van der Waals surface area contributed by atoms with Crippen molar-refractivity contribution in [2.24, 2.45) is 0 Å². The van der Waals surface area contributed by atoms with Gasteiger partial charge in [0.2, 0.25) is 5.13 Å². The predicted molar refractivity (Wildman–Crippen MR) is 187 cm³/mol. The zero-order chi connectivity index (χ0) is 31.5. The molecule has 1 aromatic heterocycles. The molecule has 1 saturated heterocycles. The van der Waals surface area contributed by atoms with Crippen molar-refractivity contribution in [2.45, 2.75) is 36.6 Å². The van der Waals surface area contributed by atoms with Crippen LogP contribution in [0, 0.1) is 17.4 Å². The van der Waals surface area contributed by atoms with Crippen LogP contribution in [0.4, 0.5) is 5.13 Å². The Balaban J connectivity index is 1.29. The quantitative estimate of drug-likeness (QED) is 0.0406. The highest BCUT2D eigenvalue weighted by Gasteiger charge is 2.48. The molecule has 10 heteroatoms. The van der Waals surface area contributed by atoms with Gasteiger partial charge >= 0.3 is 5.91 Å². The van der Waals surface area contributed by atoms with Gasteiger partial charge in [-0.25, -0.2) is 0 Å². The Kier molecular flexibility index (Phi) is 9.34. The summed E-state index contributed by atoms with van der Waals surface area (Å²) in [6.45, 7) is 4.49. The van der Waals surface area contributed by atoms with Crippen LogP contribution in [0.25, 0.3) is 5.76 Å². The summed E-state index contributed by atoms with van der Waals surface area (Å²) in [5.74, 6) is -0.485. The second-order valence-corrected chi connectivity index (χ2v) is 14.0. The largest absolute Gasteiger partial charge is 0.507 e. The van der Waals surface area contributed by atoms with Gasteiger partial charge in [0.15, 0.2) is 4.34 Å². The minimum Gasteiger partial charge on any atom is -0.507 e. The number of benzene rings is 4. The molecule has 0 radical (unpaired) electrons. The van der Waals surface area contributed by atoms with Gasteiger partial charge in [-0.2, -0.15) is 0 Å². The number of rotatable bonds is 9. The standard InChI is InChI=1S/C35H28IN3O4S2/c1-21-7-9-23(10-8-21)20-44-35-38-37-34(45-35)39-30(24-11-15-27(36)16-12-24)29(32(41)33(39)42)31(40)25-13-17-28(18-14-25)43-19-26-6-4-3-5-22(26)2/h3-18,30,40H,19-20H2,1-2H3. The number of amides is 1. The minimum atomic E-state index is -0.873. The second kappa shape index (κ2) is 13.6. The van der Waals surface area contributed by atoms with E-state index in [0.29, 0.717) is 38.7 Å². The number of hydrogen-bond acceptors (Lipinski definition) is 8. The van der Waals surface area contributed by atoms with Crippen LogP contribution in [0.1, 0.15) is 39.4 Å². The molecular formula is C35H28IN3O4S2. The normalized spacial score (nSPS) is 15.9. The lowest BCUT2D eigenvalue weighted by molar-refractivity contribution is -0.132. The molecule has 1 fully saturated rings. The van der Waals surface area contributed by atoms with Gasteiger partial charge in [-0.15, -0.1) is 10.2 Å². The van der Waals surface area contributed by atoms with Gasteiger partial charge in [0.1, 0.15) is 18.1 Å². The summed E-state index contributed by atoms with van der Waals surface area (Å²) in [7, 11) is 0. The smallest absolute Gasteiger partial charge is 0.301 e. The summed E-state index contributed by atoms with van der Waals surface area (Å²) in [4.78, 5) is 28.5. The van der Waals surface area contributed by atoms with E-state index in [1.807, 2.05) is 62.4 Å². The fourth-order valence-corrected chi connectivity index (χ4v) is 7.16. The van der Waals surface area contributed by atoms with Crippen molar-refractivity contribution in [3.8, 4) is 5.75 Å². The van der Waals surface area contributed by atoms with Crippen molar-refractivity contribution in [1.29, 1.82) is 0 Å². The van der Waals surface area contributed by atoms with E-state index in [4.69, 9.17) is 4.74 Å². The lowest BCUT2D eigenvalue weighted by Gasteiger charge is -2.22. The number of carbonyl (C=O) groups is 2. The summed E-state index contributed by atoms with van der Waals surface area (Å²) in [6, 6.07) is 29.8. The molecule has 226 valence electrons. The molecule has 0 aliphatic carbocycles. The van der Waals surface area contributed by atoms with Crippen LogP contribution in [0.2, 0.25) is 0 Å². The molecule has 0 spiro atoms. The highest BCUT2D eigenvalue weighted by atomic mass is 127. The predicted octanol–water partition coefficient (Wildman–Crippen LogP) is 8.26. The van der Waals surface area contributed by atoms with Gasteiger partial charge in [-0.05, 0) is 95.1 Å². The zero-order valence-corrected chi connectivity index (χ0v) is 28.2. The van der Waals surface area contributed by atoms with E-state index in [1.165, 1.54) is 33.6 Å². The van der Waals surface area contributed by atoms with Gasteiger partial charge in [0.25, 0.3) is 5.78 Å². The molecule has 2 heterocycles. The Morgan fingerprint density at radius 2 is 1.64 bits per heavy atom. The molecular weight excluding hydrogens is 717 g/mol. The van der Waals surface area contributed by atoms with Crippen LogP contribution >= 0.6 is 45.7 Å². The molecule has 1 atom stereocenters. The monoisotopic (exact) mass is 745 g/mol. The molecule has 1 aliphatic heterocycles. The van der Waals surface area contributed by atoms with E-state index in [9.17, 15) is 14.7 Å². The zero-order valence-electron chi connectivity index (χ0n) is 24.4. The first kappa shape index (κ1) is 31.0. The lowest BCUT2D eigenvalue weighted by atomic mass is 9.95. The number of nitrogens with zero attached hydrogens (tertiary/aromatic N) is 3. The molecule has 1 aliphatic rings. The highest BCUT2D eigenvalue weighted by Crippen LogP contribution is 2.44. The number of aromatic nitrogens is 2. The Morgan fingerprint density at radius 3 is 2.36 bits per heavy atom. The summed E-state index contributed by atoms with van der Waals surface area (Å²) in [6.07, 6.45) is 0. The van der Waals surface area contributed by atoms with Crippen LogP contribution in [0.5, 0.6) is 5.75 Å².